The number of hydrogen-bond donors (Lipinski definition) is 2. The van der Waals surface area contributed by atoms with Crippen molar-refractivity contribution < 1.29 is 4.74 Å². The molecule has 0 saturated carbocycles. The van der Waals surface area contributed by atoms with Crippen molar-refractivity contribution in [2.45, 2.75) is 6.54 Å². The van der Waals surface area contributed by atoms with Gasteiger partial charge in [0.1, 0.15) is 6.33 Å². The van der Waals surface area contributed by atoms with Crippen LogP contribution in [0.2, 0.25) is 5.02 Å². The average molecular weight is 279 g/mol. The summed E-state index contributed by atoms with van der Waals surface area (Å²) < 4.78 is 5.30. The van der Waals surface area contributed by atoms with Crippen molar-refractivity contribution in [1.29, 1.82) is 0 Å². The number of anilines is 2. The van der Waals surface area contributed by atoms with Crippen molar-refractivity contribution in [3.05, 3.63) is 41.2 Å². The van der Waals surface area contributed by atoms with Crippen LogP contribution in [0.1, 0.15) is 5.56 Å². The van der Waals surface area contributed by atoms with Crippen molar-refractivity contribution >= 4 is 23.2 Å². The smallest absolute Gasteiger partial charge is 0.204 e. The number of halogens is 1. The van der Waals surface area contributed by atoms with Gasteiger partial charge in [0.25, 0.3) is 0 Å². The van der Waals surface area contributed by atoms with Gasteiger partial charge in [-0.15, -0.1) is 0 Å². The van der Waals surface area contributed by atoms with Crippen LogP contribution in [-0.4, -0.2) is 24.1 Å². The molecule has 0 atom stereocenters. The van der Waals surface area contributed by atoms with E-state index in [-0.39, 0.29) is 0 Å². The lowest BCUT2D eigenvalue weighted by Gasteiger charge is -2.12. The molecule has 100 valence electrons. The van der Waals surface area contributed by atoms with Crippen LogP contribution in [0.5, 0.6) is 5.75 Å². The summed E-state index contributed by atoms with van der Waals surface area (Å²) in [7, 11) is 3.38. The molecule has 0 saturated heterocycles. The Kier molecular flexibility index (Phi) is 4.41. The van der Waals surface area contributed by atoms with Crippen LogP contribution in [0, 0.1) is 0 Å². The van der Waals surface area contributed by atoms with Gasteiger partial charge in [0, 0.05) is 18.6 Å². The number of methoxy groups -OCH3 is 1. The number of aromatic nitrogens is 2. The fourth-order valence-corrected chi connectivity index (χ4v) is 1.79. The number of ether oxygens (including phenoxy) is 1. The van der Waals surface area contributed by atoms with E-state index in [0.29, 0.717) is 23.9 Å². The molecule has 1 aromatic heterocycles. The normalized spacial score (nSPS) is 10.1. The molecular formula is C13H15ClN4O. The van der Waals surface area contributed by atoms with Gasteiger partial charge in [-0.05, 0) is 17.7 Å². The second kappa shape index (κ2) is 6.24. The van der Waals surface area contributed by atoms with Gasteiger partial charge < -0.3 is 15.4 Å². The van der Waals surface area contributed by atoms with E-state index in [4.69, 9.17) is 16.3 Å². The van der Waals surface area contributed by atoms with Crippen molar-refractivity contribution in [2.24, 2.45) is 0 Å². The second-order valence-electron chi connectivity index (χ2n) is 3.83. The molecule has 0 spiro atoms. The van der Waals surface area contributed by atoms with Gasteiger partial charge in [0.15, 0.2) is 11.6 Å². The summed E-state index contributed by atoms with van der Waals surface area (Å²) in [6, 6.07) is 7.63. The predicted molar refractivity (Wildman–Crippen MR) is 76.9 cm³/mol. The third-order valence-corrected chi connectivity index (χ3v) is 2.87. The van der Waals surface area contributed by atoms with E-state index in [1.165, 1.54) is 6.33 Å². The minimum Gasteiger partial charge on any atom is -0.490 e. The summed E-state index contributed by atoms with van der Waals surface area (Å²) in [5.41, 5.74) is 1.11. The number of nitrogens with zero attached hydrogens (tertiary/aromatic N) is 2. The van der Waals surface area contributed by atoms with E-state index < -0.39 is 0 Å². The molecular weight excluding hydrogens is 264 g/mol. The van der Waals surface area contributed by atoms with Crippen LogP contribution >= 0.6 is 11.6 Å². The molecule has 2 aromatic rings. The van der Waals surface area contributed by atoms with E-state index in [9.17, 15) is 0 Å². The highest BCUT2D eigenvalue weighted by atomic mass is 35.5. The largest absolute Gasteiger partial charge is 0.490 e. The monoisotopic (exact) mass is 278 g/mol. The molecule has 0 radical (unpaired) electrons. The van der Waals surface area contributed by atoms with Gasteiger partial charge in [-0.2, -0.15) is 0 Å². The van der Waals surface area contributed by atoms with Crippen LogP contribution in [0.4, 0.5) is 11.6 Å². The molecule has 0 aliphatic rings. The molecule has 19 heavy (non-hydrogen) atoms. The van der Waals surface area contributed by atoms with Crippen LogP contribution in [-0.2, 0) is 6.54 Å². The minimum atomic E-state index is 0.596. The zero-order chi connectivity index (χ0) is 13.7. The van der Waals surface area contributed by atoms with Gasteiger partial charge in [-0.25, -0.2) is 9.97 Å². The number of benzene rings is 1. The Balaban J connectivity index is 2.13. The first-order valence-corrected chi connectivity index (χ1v) is 6.17. The Morgan fingerprint density at radius 1 is 1.16 bits per heavy atom. The first-order chi connectivity index (χ1) is 9.24. The van der Waals surface area contributed by atoms with Crippen molar-refractivity contribution in [3.63, 3.8) is 0 Å². The first kappa shape index (κ1) is 13.4. The SMILES string of the molecule is CNc1ncnc(NCc2ccc(Cl)cc2)c1OC. The van der Waals surface area contributed by atoms with Crippen molar-refractivity contribution in [2.75, 3.05) is 24.8 Å². The molecule has 0 amide bonds. The molecule has 0 aliphatic carbocycles. The maximum absolute atomic E-state index is 5.85. The molecule has 5 nitrogen and oxygen atoms in total. The summed E-state index contributed by atoms with van der Waals surface area (Å²) in [6.07, 6.45) is 1.48. The number of rotatable bonds is 5. The van der Waals surface area contributed by atoms with Gasteiger partial charge in [-0.1, -0.05) is 23.7 Å². The average Bonchev–Trinajstić information content (AvgIpc) is 2.46. The van der Waals surface area contributed by atoms with Gasteiger partial charge in [-0.3, -0.25) is 0 Å². The maximum atomic E-state index is 5.85. The molecule has 0 aliphatic heterocycles. The Morgan fingerprint density at radius 2 is 1.84 bits per heavy atom. The highest BCUT2D eigenvalue weighted by Gasteiger charge is 2.10. The first-order valence-electron chi connectivity index (χ1n) is 5.79. The molecule has 6 heteroatoms. The molecule has 0 bridgehead atoms. The molecule has 2 rings (SSSR count). The summed E-state index contributed by atoms with van der Waals surface area (Å²) in [5.74, 6) is 1.90. The fourth-order valence-electron chi connectivity index (χ4n) is 1.66. The standard InChI is InChI=1S/C13H15ClN4O/c1-15-12-11(19-2)13(18-8-17-12)16-7-9-3-5-10(14)6-4-9/h3-6,8H,7H2,1-2H3,(H2,15,16,17,18). The van der Waals surface area contributed by atoms with Crippen LogP contribution in [0.3, 0.4) is 0 Å². The topological polar surface area (TPSA) is 59.1 Å². The lowest BCUT2D eigenvalue weighted by molar-refractivity contribution is 0.415. The fraction of sp³-hybridized carbons (Fsp3) is 0.231. The Bertz CT molecular complexity index is 545. The minimum absolute atomic E-state index is 0.596. The highest BCUT2D eigenvalue weighted by molar-refractivity contribution is 6.30. The Morgan fingerprint density at radius 3 is 2.47 bits per heavy atom. The zero-order valence-electron chi connectivity index (χ0n) is 10.8. The molecule has 0 unspecified atom stereocenters. The predicted octanol–water partition coefficient (Wildman–Crippen LogP) is 2.79. The maximum Gasteiger partial charge on any atom is 0.204 e. The van der Waals surface area contributed by atoms with Crippen LogP contribution < -0.4 is 15.4 Å². The Labute approximate surface area is 117 Å². The van der Waals surface area contributed by atoms with Crippen molar-refractivity contribution in [3.8, 4) is 5.75 Å². The molecule has 0 fully saturated rings. The van der Waals surface area contributed by atoms with E-state index in [1.807, 2.05) is 24.3 Å². The molecule has 1 heterocycles. The van der Waals surface area contributed by atoms with Gasteiger partial charge in [0.2, 0.25) is 5.75 Å². The summed E-state index contributed by atoms with van der Waals surface area (Å²) >= 11 is 5.85. The summed E-state index contributed by atoms with van der Waals surface area (Å²) in [5, 5.41) is 6.90. The lowest BCUT2D eigenvalue weighted by Crippen LogP contribution is -2.06. The van der Waals surface area contributed by atoms with E-state index in [2.05, 4.69) is 20.6 Å². The summed E-state index contributed by atoms with van der Waals surface area (Å²) in [4.78, 5) is 8.27. The molecule has 2 N–H and O–H groups in total. The Hall–Kier alpha value is -2.01. The van der Waals surface area contributed by atoms with E-state index in [0.717, 1.165) is 10.6 Å². The number of nitrogens with one attached hydrogen (secondary N) is 2. The quantitative estimate of drug-likeness (QED) is 0.881. The van der Waals surface area contributed by atoms with Gasteiger partial charge >= 0.3 is 0 Å². The summed E-state index contributed by atoms with van der Waals surface area (Å²) in [6.45, 7) is 0.633. The van der Waals surface area contributed by atoms with Crippen LogP contribution in [0.15, 0.2) is 30.6 Å². The second-order valence-corrected chi connectivity index (χ2v) is 4.27. The lowest BCUT2D eigenvalue weighted by atomic mass is 10.2. The third kappa shape index (κ3) is 3.26. The van der Waals surface area contributed by atoms with Crippen molar-refractivity contribution in [1.82, 2.24) is 9.97 Å². The van der Waals surface area contributed by atoms with Gasteiger partial charge in [0.05, 0.1) is 7.11 Å². The highest BCUT2D eigenvalue weighted by Crippen LogP contribution is 2.28. The van der Waals surface area contributed by atoms with E-state index >= 15 is 0 Å². The molecule has 1 aromatic carbocycles. The zero-order valence-corrected chi connectivity index (χ0v) is 11.5. The van der Waals surface area contributed by atoms with E-state index in [1.54, 1.807) is 14.2 Å². The third-order valence-electron chi connectivity index (χ3n) is 2.62. The number of hydrogen-bond acceptors (Lipinski definition) is 5. The van der Waals surface area contributed by atoms with Crippen LogP contribution in [0.25, 0.3) is 0 Å².